The molecule has 0 amide bonds. The van der Waals surface area contributed by atoms with Crippen LogP contribution >= 0.6 is 0 Å². The van der Waals surface area contributed by atoms with E-state index in [1.54, 1.807) is 0 Å². The SMILES string of the molecule is CC(c1ccc(C#N)cc1)(c1ccc(ON)cc1)c1ccc(ON)cc1. The van der Waals surface area contributed by atoms with Crippen LogP contribution in [0.4, 0.5) is 0 Å². The van der Waals surface area contributed by atoms with Crippen LogP contribution < -0.4 is 21.5 Å². The minimum absolute atomic E-state index is 0.450. The highest BCUT2D eigenvalue weighted by molar-refractivity contribution is 5.52. The van der Waals surface area contributed by atoms with Gasteiger partial charge in [0.05, 0.1) is 11.6 Å². The van der Waals surface area contributed by atoms with Gasteiger partial charge in [-0.05, 0) is 60.0 Å². The van der Waals surface area contributed by atoms with Crippen molar-refractivity contribution in [1.82, 2.24) is 0 Å². The first-order valence-electron chi connectivity index (χ1n) is 8.07. The Morgan fingerprint density at radius 3 is 1.35 bits per heavy atom. The molecule has 0 unspecified atom stereocenters. The summed E-state index contributed by atoms with van der Waals surface area (Å²) in [4.78, 5) is 9.57. The number of hydrogen-bond donors (Lipinski definition) is 2. The van der Waals surface area contributed by atoms with E-state index >= 15 is 0 Å². The summed E-state index contributed by atoms with van der Waals surface area (Å²) >= 11 is 0. The lowest BCUT2D eigenvalue weighted by atomic mass is 9.71. The molecule has 26 heavy (non-hydrogen) atoms. The van der Waals surface area contributed by atoms with Crippen LogP contribution in [0.5, 0.6) is 11.5 Å². The zero-order chi connectivity index (χ0) is 18.6. The monoisotopic (exact) mass is 345 g/mol. The van der Waals surface area contributed by atoms with E-state index in [0.717, 1.165) is 16.7 Å². The second kappa shape index (κ2) is 7.28. The van der Waals surface area contributed by atoms with Crippen molar-refractivity contribution >= 4 is 0 Å². The van der Waals surface area contributed by atoms with Crippen molar-refractivity contribution in [3.05, 3.63) is 95.1 Å². The van der Waals surface area contributed by atoms with Crippen LogP contribution in [0.2, 0.25) is 0 Å². The van der Waals surface area contributed by atoms with E-state index < -0.39 is 5.41 Å². The molecule has 3 rings (SSSR count). The third-order valence-electron chi connectivity index (χ3n) is 4.73. The van der Waals surface area contributed by atoms with Gasteiger partial charge in [0.2, 0.25) is 0 Å². The summed E-state index contributed by atoms with van der Waals surface area (Å²) < 4.78 is 0. The van der Waals surface area contributed by atoms with Gasteiger partial charge in [0, 0.05) is 5.41 Å². The second-order valence-corrected chi connectivity index (χ2v) is 6.10. The molecular weight excluding hydrogens is 326 g/mol. The molecule has 0 aromatic heterocycles. The number of rotatable bonds is 5. The average Bonchev–Trinajstić information content (AvgIpc) is 2.73. The van der Waals surface area contributed by atoms with Gasteiger partial charge >= 0.3 is 0 Å². The van der Waals surface area contributed by atoms with E-state index in [1.165, 1.54) is 0 Å². The van der Waals surface area contributed by atoms with Crippen LogP contribution in [0.15, 0.2) is 72.8 Å². The molecule has 0 atom stereocenters. The largest absolute Gasteiger partial charge is 0.412 e. The molecule has 3 aromatic rings. The van der Waals surface area contributed by atoms with Gasteiger partial charge in [0.25, 0.3) is 0 Å². The fourth-order valence-corrected chi connectivity index (χ4v) is 3.11. The van der Waals surface area contributed by atoms with Crippen LogP contribution in [0, 0.1) is 11.3 Å². The van der Waals surface area contributed by atoms with E-state index in [4.69, 9.17) is 26.7 Å². The summed E-state index contributed by atoms with van der Waals surface area (Å²) in [6, 6.07) is 25.0. The average molecular weight is 345 g/mol. The maximum Gasteiger partial charge on any atom is 0.146 e. The summed E-state index contributed by atoms with van der Waals surface area (Å²) in [5.74, 6) is 11.6. The summed E-state index contributed by atoms with van der Waals surface area (Å²) in [6.07, 6.45) is 0. The van der Waals surface area contributed by atoms with Gasteiger partial charge in [0.15, 0.2) is 0 Å². The first-order chi connectivity index (χ1) is 12.6. The summed E-state index contributed by atoms with van der Waals surface area (Å²) in [7, 11) is 0. The Labute approximate surface area is 152 Å². The number of hydrogen-bond acceptors (Lipinski definition) is 5. The molecule has 0 aliphatic heterocycles. The molecule has 0 spiro atoms. The number of benzene rings is 3. The van der Waals surface area contributed by atoms with E-state index in [9.17, 15) is 0 Å². The maximum absolute atomic E-state index is 9.08. The highest BCUT2D eigenvalue weighted by Crippen LogP contribution is 2.39. The van der Waals surface area contributed by atoms with Gasteiger partial charge in [-0.2, -0.15) is 17.1 Å². The van der Waals surface area contributed by atoms with Gasteiger partial charge in [-0.15, -0.1) is 0 Å². The van der Waals surface area contributed by atoms with E-state index in [2.05, 4.69) is 13.0 Å². The van der Waals surface area contributed by atoms with Crippen molar-refractivity contribution in [1.29, 1.82) is 5.26 Å². The van der Waals surface area contributed by atoms with Gasteiger partial charge < -0.3 is 9.68 Å². The van der Waals surface area contributed by atoms with Gasteiger partial charge in [-0.25, -0.2) is 0 Å². The topological polar surface area (TPSA) is 94.3 Å². The molecule has 0 saturated carbocycles. The fraction of sp³-hybridized carbons (Fsp3) is 0.0952. The third-order valence-corrected chi connectivity index (χ3v) is 4.73. The molecule has 0 saturated heterocycles. The lowest BCUT2D eigenvalue weighted by molar-refractivity contribution is 0.334. The fourth-order valence-electron chi connectivity index (χ4n) is 3.11. The Kier molecular flexibility index (Phi) is 4.90. The van der Waals surface area contributed by atoms with Gasteiger partial charge in [-0.1, -0.05) is 36.4 Å². The quantitative estimate of drug-likeness (QED) is 0.546. The molecular formula is C21H19N3O2. The van der Waals surface area contributed by atoms with Crippen LogP contribution in [-0.4, -0.2) is 0 Å². The number of nitrogens with zero attached hydrogens (tertiary/aromatic N) is 1. The van der Waals surface area contributed by atoms with Crippen LogP contribution in [-0.2, 0) is 5.41 Å². The zero-order valence-electron chi connectivity index (χ0n) is 14.3. The highest BCUT2D eigenvalue weighted by Gasteiger charge is 2.31. The van der Waals surface area contributed by atoms with E-state index in [1.807, 2.05) is 72.8 Å². The Hall–Kier alpha value is -3.33. The van der Waals surface area contributed by atoms with Crippen molar-refractivity contribution in [2.75, 3.05) is 0 Å². The third kappa shape index (κ3) is 3.11. The van der Waals surface area contributed by atoms with Crippen LogP contribution in [0.1, 0.15) is 29.2 Å². The molecule has 130 valence electrons. The standard InChI is InChI=1S/C21H19N3O2/c1-21(16-4-2-15(14-22)3-5-16,17-6-10-19(25-23)11-7-17)18-8-12-20(26-24)13-9-18/h2-13H,23-24H2,1H3. The van der Waals surface area contributed by atoms with E-state index in [0.29, 0.717) is 17.1 Å². The molecule has 0 heterocycles. The maximum atomic E-state index is 9.08. The van der Waals surface area contributed by atoms with E-state index in [-0.39, 0.29) is 0 Å². The molecule has 0 aliphatic carbocycles. The molecule has 3 aromatic carbocycles. The summed E-state index contributed by atoms with van der Waals surface area (Å²) in [5, 5.41) is 9.08. The van der Waals surface area contributed by atoms with Crippen LogP contribution in [0.25, 0.3) is 0 Å². The first kappa shape index (κ1) is 17.5. The zero-order valence-corrected chi connectivity index (χ0v) is 14.3. The Morgan fingerprint density at radius 1 is 0.692 bits per heavy atom. The molecule has 0 aliphatic rings. The van der Waals surface area contributed by atoms with Crippen LogP contribution in [0.3, 0.4) is 0 Å². The smallest absolute Gasteiger partial charge is 0.146 e. The molecule has 4 N–H and O–H groups in total. The predicted molar refractivity (Wildman–Crippen MR) is 99.2 cm³/mol. The van der Waals surface area contributed by atoms with Gasteiger partial charge in [-0.3, -0.25) is 0 Å². The first-order valence-corrected chi connectivity index (χ1v) is 8.07. The van der Waals surface area contributed by atoms with Crippen molar-refractivity contribution in [2.45, 2.75) is 12.3 Å². The Balaban J connectivity index is 2.16. The minimum Gasteiger partial charge on any atom is -0.412 e. The van der Waals surface area contributed by atoms with Crippen molar-refractivity contribution in [3.63, 3.8) is 0 Å². The molecule has 0 bridgehead atoms. The summed E-state index contributed by atoms with van der Waals surface area (Å²) in [6.45, 7) is 2.13. The number of nitrogens with two attached hydrogens (primary N) is 2. The predicted octanol–water partition coefficient (Wildman–Crippen LogP) is 3.42. The molecule has 5 heteroatoms. The molecule has 5 nitrogen and oxygen atoms in total. The Bertz CT molecular complexity index is 864. The van der Waals surface area contributed by atoms with Gasteiger partial charge in [0.1, 0.15) is 11.5 Å². The van der Waals surface area contributed by atoms with Crippen molar-refractivity contribution in [2.24, 2.45) is 11.8 Å². The molecule has 0 radical (unpaired) electrons. The minimum atomic E-state index is -0.450. The molecule has 0 fully saturated rings. The second-order valence-electron chi connectivity index (χ2n) is 6.10. The lowest BCUT2D eigenvalue weighted by Crippen LogP contribution is -2.25. The normalized spacial score (nSPS) is 10.8. The van der Waals surface area contributed by atoms with Crippen molar-refractivity contribution in [3.8, 4) is 17.6 Å². The Morgan fingerprint density at radius 2 is 1.04 bits per heavy atom. The van der Waals surface area contributed by atoms with Crippen molar-refractivity contribution < 1.29 is 9.68 Å². The lowest BCUT2D eigenvalue weighted by Gasteiger charge is -2.32. The summed E-state index contributed by atoms with van der Waals surface area (Å²) in [5.41, 5.74) is 3.34. The number of nitriles is 1. The highest BCUT2D eigenvalue weighted by atomic mass is 16.6.